The molecule has 1 N–H and O–H groups in total. The molecule has 0 fully saturated rings. The quantitative estimate of drug-likeness (QED) is 0.644. The number of anilines is 1. The minimum absolute atomic E-state index is 0.175. The Kier molecular flexibility index (Phi) is 7.35. The third-order valence-electron chi connectivity index (χ3n) is 5.51. The standard InChI is InChI=1S/C23H25F3N2O5/c1-5-33-23(30)28-12(2)6-15(14-8-20(31-3)21(32-4)10-19(14)28)22(29)27-11-13-7-17(25)18(26)9-16(13)24/h7-10,12,15H,5-6,11H2,1-4H3,(H,27,29). The number of ether oxygens (including phenoxy) is 3. The van der Waals surface area contributed by atoms with E-state index < -0.39 is 41.4 Å². The van der Waals surface area contributed by atoms with Crippen molar-refractivity contribution >= 4 is 17.7 Å². The summed E-state index contributed by atoms with van der Waals surface area (Å²) in [5.41, 5.74) is 0.720. The molecule has 1 heterocycles. The summed E-state index contributed by atoms with van der Waals surface area (Å²) in [7, 11) is 2.89. The van der Waals surface area contributed by atoms with E-state index in [4.69, 9.17) is 14.2 Å². The van der Waals surface area contributed by atoms with Crippen LogP contribution in [0.1, 0.15) is 37.3 Å². The lowest BCUT2D eigenvalue weighted by molar-refractivity contribution is -0.123. The lowest BCUT2D eigenvalue weighted by atomic mass is 9.85. The van der Waals surface area contributed by atoms with Crippen LogP contribution >= 0.6 is 0 Å². The molecule has 3 rings (SSSR count). The highest BCUT2D eigenvalue weighted by atomic mass is 19.2. The fourth-order valence-corrected chi connectivity index (χ4v) is 3.91. The van der Waals surface area contributed by atoms with E-state index in [0.29, 0.717) is 34.9 Å². The van der Waals surface area contributed by atoms with E-state index in [2.05, 4.69) is 5.32 Å². The predicted molar refractivity (Wildman–Crippen MR) is 114 cm³/mol. The van der Waals surface area contributed by atoms with Gasteiger partial charge in [-0.05, 0) is 38.0 Å². The average molecular weight is 466 g/mol. The van der Waals surface area contributed by atoms with Gasteiger partial charge in [0.25, 0.3) is 0 Å². The molecule has 0 spiro atoms. The summed E-state index contributed by atoms with van der Waals surface area (Å²) in [5, 5.41) is 2.58. The van der Waals surface area contributed by atoms with Crippen molar-refractivity contribution in [3.05, 3.63) is 52.8 Å². The Morgan fingerprint density at radius 1 is 1.03 bits per heavy atom. The molecule has 0 saturated carbocycles. The maximum absolute atomic E-state index is 14.0. The molecule has 2 atom stereocenters. The van der Waals surface area contributed by atoms with Gasteiger partial charge in [0.15, 0.2) is 23.1 Å². The summed E-state index contributed by atoms with van der Waals surface area (Å²) < 4.78 is 56.5. The average Bonchev–Trinajstić information content (AvgIpc) is 2.78. The SMILES string of the molecule is CCOC(=O)N1c2cc(OC)c(OC)cc2C(C(=O)NCc2cc(F)c(F)cc2F)CC1C. The van der Waals surface area contributed by atoms with Crippen molar-refractivity contribution in [2.24, 2.45) is 0 Å². The van der Waals surface area contributed by atoms with Crippen molar-refractivity contribution in [1.29, 1.82) is 0 Å². The van der Waals surface area contributed by atoms with Crippen LogP contribution < -0.4 is 19.7 Å². The molecule has 0 bridgehead atoms. The highest BCUT2D eigenvalue weighted by molar-refractivity contribution is 5.95. The fraction of sp³-hybridized carbons (Fsp3) is 0.391. The van der Waals surface area contributed by atoms with Crippen molar-refractivity contribution in [2.45, 2.75) is 38.8 Å². The third-order valence-corrected chi connectivity index (χ3v) is 5.51. The van der Waals surface area contributed by atoms with Crippen LogP contribution in [-0.2, 0) is 16.1 Å². The molecule has 0 aliphatic carbocycles. The molecule has 1 aliphatic rings. The molecule has 0 radical (unpaired) electrons. The molecule has 10 heteroatoms. The molecular formula is C23H25F3N2O5. The molecule has 1 aliphatic heterocycles. The summed E-state index contributed by atoms with van der Waals surface area (Å²) in [6.45, 7) is 3.30. The first-order chi connectivity index (χ1) is 15.7. The summed E-state index contributed by atoms with van der Waals surface area (Å²) >= 11 is 0. The first-order valence-electron chi connectivity index (χ1n) is 10.3. The van der Waals surface area contributed by atoms with Gasteiger partial charge in [0.1, 0.15) is 5.82 Å². The highest BCUT2D eigenvalue weighted by Crippen LogP contribution is 2.44. The van der Waals surface area contributed by atoms with Gasteiger partial charge < -0.3 is 19.5 Å². The van der Waals surface area contributed by atoms with Crippen LogP contribution in [0.3, 0.4) is 0 Å². The second kappa shape index (κ2) is 10.0. The number of halogens is 3. The smallest absolute Gasteiger partial charge is 0.414 e. The Labute approximate surface area is 189 Å². The number of hydrogen-bond acceptors (Lipinski definition) is 5. The van der Waals surface area contributed by atoms with E-state index >= 15 is 0 Å². The number of hydrogen-bond donors (Lipinski definition) is 1. The number of nitrogens with one attached hydrogen (secondary N) is 1. The first kappa shape index (κ1) is 24.2. The van der Waals surface area contributed by atoms with E-state index in [1.54, 1.807) is 26.0 Å². The topological polar surface area (TPSA) is 77.1 Å². The number of nitrogens with zero attached hydrogens (tertiary/aromatic N) is 1. The third kappa shape index (κ3) is 4.84. The van der Waals surface area contributed by atoms with E-state index in [1.165, 1.54) is 19.1 Å². The number of rotatable bonds is 6. The number of methoxy groups -OCH3 is 2. The van der Waals surface area contributed by atoms with Crippen LogP contribution in [0, 0.1) is 17.5 Å². The van der Waals surface area contributed by atoms with Crippen molar-refractivity contribution < 1.29 is 37.0 Å². The minimum Gasteiger partial charge on any atom is -0.493 e. The first-order valence-corrected chi connectivity index (χ1v) is 10.3. The van der Waals surface area contributed by atoms with Gasteiger partial charge in [0.05, 0.1) is 32.4 Å². The normalized spacial score (nSPS) is 17.2. The van der Waals surface area contributed by atoms with E-state index in [0.717, 1.165) is 0 Å². The van der Waals surface area contributed by atoms with Gasteiger partial charge >= 0.3 is 6.09 Å². The minimum atomic E-state index is -1.31. The summed E-state index contributed by atoms with van der Waals surface area (Å²) in [6.07, 6.45) is -0.325. The molecule has 2 aromatic rings. The molecule has 178 valence electrons. The van der Waals surface area contributed by atoms with Gasteiger partial charge in [-0.25, -0.2) is 18.0 Å². The molecule has 2 amide bonds. The molecule has 33 heavy (non-hydrogen) atoms. The molecule has 0 saturated heterocycles. The zero-order valence-corrected chi connectivity index (χ0v) is 18.7. The Balaban J connectivity index is 1.95. The lowest BCUT2D eigenvalue weighted by Crippen LogP contribution is -2.46. The second-order valence-corrected chi connectivity index (χ2v) is 7.55. The number of carbonyl (C=O) groups excluding carboxylic acids is 2. The van der Waals surface area contributed by atoms with E-state index in [-0.39, 0.29) is 25.1 Å². The molecule has 2 unspecified atom stereocenters. The van der Waals surface area contributed by atoms with Gasteiger partial charge in [-0.15, -0.1) is 0 Å². The Morgan fingerprint density at radius 3 is 2.30 bits per heavy atom. The molecule has 2 aromatic carbocycles. The van der Waals surface area contributed by atoms with Gasteiger partial charge in [-0.1, -0.05) is 0 Å². The lowest BCUT2D eigenvalue weighted by Gasteiger charge is -2.38. The number of benzene rings is 2. The fourth-order valence-electron chi connectivity index (χ4n) is 3.91. The maximum Gasteiger partial charge on any atom is 0.414 e. The Bertz CT molecular complexity index is 1060. The maximum atomic E-state index is 14.0. The Morgan fingerprint density at radius 2 is 1.67 bits per heavy atom. The summed E-state index contributed by atoms with van der Waals surface area (Å²) in [5.74, 6) is -3.96. The van der Waals surface area contributed by atoms with E-state index in [1.807, 2.05) is 0 Å². The van der Waals surface area contributed by atoms with Crippen LogP contribution in [0.5, 0.6) is 11.5 Å². The van der Waals surface area contributed by atoms with Crippen LogP contribution in [0.15, 0.2) is 24.3 Å². The van der Waals surface area contributed by atoms with Gasteiger partial charge in [-0.3, -0.25) is 9.69 Å². The molecule has 7 nitrogen and oxygen atoms in total. The highest BCUT2D eigenvalue weighted by Gasteiger charge is 2.39. The summed E-state index contributed by atoms with van der Waals surface area (Å²) in [6, 6.07) is 3.93. The molecule has 0 aromatic heterocycles. The predicted octanol–water partition coefficient (Wildman–Crippen LogP) is 4.28. The Hall–Kier alpha value is -3.43. The summed E-state index contributed by atoms with van der Waals surface area (Å²) in [4.78, 5) is 27.2. The van der Waals surface area contributed by atoms with Crippen LogP contribution in [0.4, 0.5) is 23.7 Å². The monoisotopic (exact) mass is 466 g/mol. The van der Waals surface area contributed by atoms with Crippen LogP contribution in [0.2, 0.25) is 0 Å². The van der Waals surface area contributed by atoms with Gasteiger partial charge in [0.2, 0.25) is 5.91 Å². The molecular weight excluding hydrogens is 441 g/mol. The van der Waals surface area contributed by atoms with Crippen LogP contribution in [-0.4, -0.2) is 38.9 Å². The second-order valence-electron chi connectivity index (χ2n) is 7.55. The number of fused-ring (bicyclic) bond motifs is 1. The zero-order chi connectivity index (χ0) is 24.3. The van der Waals surface area contributed by atoms with Crippen molar-refractivity contribution in [1.82, 2.24) is 5.32 Å². The number of amides is 2. The van der Waals surface area contributed by atoms with Crippen molar-refractivity contribution in [3.8, 4) is 11.5 Å². The number of carbonyl (C=O) groups is 2. The van der Waals surface area contributed by atoms with Gasteiger partial charge in [-0.2, -0.15) is 0 Å². The van der Waals surface area contributed by atoms with Crippen LogP contribution in [0.25, 0.3) is 0 Å². The van der Waals surface area contributed by atoms with Gasteiger partial charge in [0, 0.05) is 30.3 Å². The largest absolute Gasteiger partial charge is 0.493 e. The zero-order valence-electron chi connectivity index (χ0n) is 18.7. The van der Waals surface area contributed by atoms with E-state index in [9.17, 15) is 22.8 Å². The van der Waals surface area contributed by atoms with Crippen molar-refractivity contribution in [3.63, 3.8) is 0 Å². The van der Waals surface area contributed by atoms with Crippen molar-refractivity contribution in [2.75, 3.05) is 25.7 Å².